The van der Waals surface area contributed by atoms with Crippen LogP contribution in [-0.2, 0) is 41.4 Å². The van der Waals surface area contributed by atoms with Crippen molar-refractivity contribution in [1.82, 2.24) is 20.3 Å². The van der Waals surface area contributed by atoms with Gasteiger partial charge in [-0.3, -0.25) is 14.9 Å². The first-order valence-corrected chi connectivity index (χ1v) is 17.2. The summed E-state index contributed by atoms with van der Waals surface area (Å²) in [5.41, 5.74) is -0.101. The number of carbonyl (C=O) groups excluding carboxylic acids is 4. The first-order chi connectivity index (χ1) is 22.6. The molecular weight excluding hydrogens is 680 g/mol. The molecule has 2 atom stereocenters. The SMILES string of the molecule is C[C@@H](C(=O)NCc1ccc(N/C(=N/C(=O)OC(C)(C)C)NC(=O)OC(C)(C)C)cc1)N(C)C(=O)[C@@H](CO)NS(=O)(=O)Cc1ccc(Cl)cc1. The van der Waals surface area contributed by atoms with Gasteiger partial charge in [-0.1, -0.05) is 35.9 Å². The van der Waals surface area contributed by atoms with Crippen molar-refractivity contribution >= 4 is 57.3 Å². The second kappa shape index (κ2) is 17.4. The highest BCUT2D eigenvalue weighted by molar-refractivity contribution is 7.88. The molecular formula is C32H45ClN6O9S. The minimum Gasteiger partial charge on any atom is -0.444 e. The van der Waals surface area contributed by atoms with Crippen LogP contribution in [-0.4, -0.2) is 85.3 Å². The third kappa shape index (κ3) is 15.2. The lowest BCUT2D eigenvalue weighted by atomic mass is 10.2. The maximum atomic E-state index is 13.0. The number of ether oxygens (including phenoxy) is 2. The second-order valence-corrected chi connectivity index (χ2v) is 15.2. The second-order valence-electron chi connectivity index (χ2n) is 13.0. The molecule has 15 nitrogen and oxygen atoms in total. The lowest BCUT2D eigenvalue weighted by molar-refractivity contribution is -0.140. The standard InChI is InChI=1S/C32H45ClN6O9S/c1-20(39(8)27(42)25(18-40)38-49(45,46)19-22-9-13-23(33)14-10-22)26(41)34-17-21-11-15-24(16-12-21)35-28(36-29(43)47-31(2,3)4)37-30(44)48-32(5,6)7/h9-16,20,25,38,40H,17-19H2,1-8H3,(H,34,41)(H2,35,36,37,43,44)/t20-,25+/m0/s1. The highest BCUT2D eigenvalue weighted by Crippen LogP contribution is 2.14. The zero-order valence-electron chi connectivity index (χ0n) is 28.8. The van der Waals surface area contributed by atoms with E-state index in [0.29, 0.717) is 21.8 Å². The van der Waals surface area contributed by atoms with E-state index < -0.39 is 69.7 Å². The van der Waals surface area contributed by atoms with Gasteiger partial charge in [0, 0.05) is 24.3 Å². The smallest absolute Gasteiger partial charge is 0.437 e. The van der Waals surface area contributed by atoms with Gasteiger partial charge in [0.2, 0.25) is 27.8 Å². The molecule has 0 aromatic heterocycles. The van der Waals surface area contributed by atoms with Gasteiger partial charge in [-0.25, -0.2) is 22.7 Å². The molecule has 2 rings (SSSR count). The third-order valence-corrected chi connectivity index (χ3v) is 7.89. The number of sulfonamides is 1. The summed E-state index contributed by atoms with van der Waals surface area (Å²) in [5, 5.41) is 18.1. The first kappa shape index (κ1) is 40.9. The van der Waals surface area contributed by atoms with E-state index in [9.17, 15) is 32.7 Å². The number of likely N-dealkylation sites (N-methyl/N-ethyl adjacent to an activating group) is 1. The first-order valence-electron chi connectivity index (χ1n) is 15.1. The number of guanidine groups is 1. The topological polar surface area (TPSA) is 205 Å². The average Bonchev–Trinajstić information content (AvgIpc) is 2.97. The number of carbonyl (C=O) groups is 4. The molecule has 0 fully saturated rings. The lowest BCUT2D eigenvalue weighted by Gasteiger charge is -2.28. The maximum absolute atomic E-state index is 13.0. The predicted octanol–water partition coefficient (Wildman–Crippen LogP) is 3.51. The van der Waals surface area contributed by atoms with Crippen LogP contribution in [0.1, 0.15) is 59.6 Å². The summed E-state index contributed by atoms with van der Waals surface area (Å²) in [6, 6.07) is 10.2. The Balaban J connectivity index is 2.02. The predicted molar refractivity (Wildman–Crippen MR) is 185 cm³/mol. The summed E-state index contributed by atoms with van der Waals surface area (Å²) < 4.78 is 38.0. The number of aliphatic hydroxyl groups excluding tert-OH is 1. The van der Waals surface area contributed by atoms with E-state index in [1.165, 1.54) is 38.2 Å². The number of halogens is 1. The van der Waals surface area contributed by atoms with Crippen molar-refractivity contribution in [2.75, 3.05) is 19.0 Å². The molecule has 17 heteroatoms. The molecule has 270 valence electrons. The van der Waals surface area contributed by atoms with E-state index in [1.54, 1.807) is 65.8 Å². The van der Waals surface area contributed by atoms with Gasteiger partial charge in [-0.2, -0.15) is 0 Å². The van der Waals surface area contributed by atoms with E-state index in [4.69, 9.17) is 21.1 Å². The van der Waals surface area contributed by atoms with Crippen molar-refractivity contribution < 1.29 is 42.2 Å². The summed E-state index contributed by atoms with van der Waals surface area (Å²) in [6.45, 7) is 10.8. The molecule has 49 heavy (non-hydrogen) atoms. The molecule has 0 aliphatic heterocycles. The Morgan fingerprint density at radius 3 is 2.00 bits per heavy atom. The quantitative estimate of drug-likeness (QED) is 0.168. The number of hydrogen-bond donors (Lipinski definition) is 5. The third-order valence-electron chi connectivity index (χ3n) is 6.28. The highest BCUT2D eigenvalue weighted by Gasteiger charge is 2.31. The fraction of sp³-hybridized carbons (Fsp3) is 0.469. The number of anilines is 1. The van der Waals surface area contributed by atoms with Gasteiger partial charge in [0.15, 0.2) is 0 Å². The molecule has 0 heterocycles. The number of aliphatic hydroxyl groups is 1. The van der Waals surface area contributed by atoms with Gasteiger partial charge in [-0.15, -0.1) is 4.99 Å². The summed E-state index contributed by atoms with van der Waals surface area (Å²) >= 11 is 5.84. The summed E-state index contributed by atoms with van der Waals surface area (Å²) in [5.74, 6) is -2.02. The van der Waals surface area contributed by atoms with Crippen LogP contribution in [0.25, 0.3) is 0 Å². The molecule has 0 bridgehead atoms. The van der Waals surface area contributed by atoms with E-state index in [2.05, 4.69) is 25.7 Å². The Bertz CT molecular complexity index is 1600. The minimum absolute atomic E-state index is 0.0671. The van der Waals surface area contributed by atoms with Crippen LogP contribution in [0.15, 0.2) is 53.5 Å². The normalized spacial score (nSPS) is 13.5. The average molecular weight is 725 g/mol. The van der Waals surface area contributed by atoms with Gasteiger partial charge >= 0.3 is 12.2 Å². The van der Waals surface area contributed by atoms with Crippen LogP contribution < -0.4 is 20.7 Å². The number of alkyl carbamates (subject to hydrolysis) is 1. The molecule has 0 saturated carbocycles. The number of nitrogens with one attached hydrogen (secondary N) is 4. The Labute approximate surface area is 291 Å². The van der Waals surface area contributed by atoms with Crippen molar-refractivity contribution in [1.29, 1.82) is 0 Å². The van der Waals surface area contributed by atoms with E-state index in [1.807, 2.05) is 0 Å². The van der Waals surface area contributed by atoms with Crippen molar-refractivity contribution in [2.24, 2.45) is 4.99 Å². The molecule has 0 radical (unpaired) electrons. The van der Waals surface area contributed by atoms with Crippen LogP contribution in [0.4, 0.5) is 15.3 Å². The van der Waals surface area contributed by atoms with Crippen LogP contribution in [0, 0.1) is 0 Å². The van der Waals surface area contributed by atoms with E-state index >= 15 is 0 Å². The minimum atomic E-state index is -4.03. The van der Waals surface area contributed by atoms with E-state index in [0.717, 1.165) is 4.90 Å². The van der Waals surface area contributed by atoms with Gasteiger partial charge < -0.3 is 30.1 Å². The summed E-state index contributed by atoms with van der Waals surface area (Å²) in [4.78, 5) is 55.4. The van der Waals surface area contributed by atoms with E-state index in [-0.39, 0.29) is 12.5 Å². The van der Waals surface area contributed by atoms with Gasteiger partial charge in [-0.05, 0) is 83.9 Å². The number of benzene rings is 2. The Hall–Kier alpha value is -4.25. The fourth-order valence-corrected chi connectivity index (χ4v) is 5.33. The summed E-state index contributed by atoms with van der Waals surface area (Å²) in [7, 11) is -2.71. The van der Waals surface area contributed by atoms with Crippen LogP contribution in [0.5, 0.6) is 0 Å². The molecule has 0 saturated heterocycles. The number of amides is 4. The number of aliphatic imine (C=N–C) groups is 1. The molecule has 0 aliphatic carbocycles. The number of nitrogens with zero attached hydrogens (tertiary/aromatic N) is 2. The molecule has 2 aromatic carbocycles. The molecule has 2 aromatic rings. The number of hydrogen-bond acceptors (Lipinski definition) is 9. The molecule has 5 N–H and O–H groups in total. The molecule has 0 spiro atoms. The Morgan fingerprint density at radius 2 is 1.47 bits per heavy atom. The zero-order valence-corrected chi connectivity index (χ0v) is 30.4. The van der Waals surface area contributed by atoms with Gasteiger partial charge in [0.05, 0.1) is 12.4 Å². The Kier molecular flexibility index (Phi) is 14.5. The fourth-order valence-electron chi connectivity index (χ4n) is 3.88. The van der Waals surface area contributed by atoms with Crippen LogP contribution in [0.2, 0.25) is 5.02 Å². The maximum Gasteiger partial charge on any atom is 0.437 e. The Morgan fingerprint density at radius 1 is 0.918 bits per heavy atom. The van der Waals surface area contributed by atoms with Crippen LogP contribution in [0.3, 0.4) is 0 Å². The lowest BCUT2D eigenvalue weighted by Crippen LogP contribution is -2.54. The van der Waals surface area contributed by atoms with Gasteiger partial charge in [0.1, 0.15) is 23.3 Å². The van der Waals surface area contributed by atoms with Gasteiger partial charge in [0.25, 0.3) is 0 Å². The largest absolute Gasteiger partial charge is 0.444 e. The van der Waals surface area contributed by atoms with Crippen molar-refractivity contribution in [3.05, 3.63) is 64.7 Å². The monoisotopic (exact) mass is 724 g/mol. The van der Waals surface area contributed by atoms with Crippen molar-refractivity contribution in [3.8, 4) is 0 Å². The van der Waals surface area contributed by atoms with Crippen molar-refractivity contribution in [3.63, 3.8) is 0 Å². The molecule has 4 amide bonds. The van der Waals surface area contributed by atoms with Crippen molar-refractivity contribution in [2.45, 2.75) is 84.0 Å². The summed E-state index contributed by atoms with van der Waals surface area (Å²) in [6.07, 6.45) is -1.79. The zero-order chi connectivity index (χ0) is 37.2. The molecule has 0 aliphatic rings. The molecule has 0 unspecified atom stereocenters. The highest BCUT2D eigenvalue weighted by atomic mass is 35.5. The van der Waals surface area contributed by atoms with Crippen LogP contribution >= 0.6 is 11.6 Å². The number of rotatable bonds is 11.